The van der Waals surface area contributed by atoms with Gasteiger partial charge < -0.3 is 28.0 Å². The van der Waals surface area contributed by atoms with Gasteiger partial charge in [0.1, 0.15) is 12.2 Å². The van der Waals surface area contributed by atoms with Gasteiger partial charge in [0.05, 0.1) is 18.8 Å². The van der Waals surface area contributed by atoms with Crippen LogP contribution < -0.4 is 0 Å². The maximum atomic E-state index is 5.32. The molecular formula is C6H7B5O6. The van der Waals surface area contributed by atoms with Crippen molar-refractivity contribution in [2.45, 2.75) is 30.7 Å². The summed E-state index contributed by atoms with van der Waals surface area (Å²) in [6, 6.07) is 0. The minimum absolute atomic E-state index is 0.0428. The van der Waals surface area contributed by atoms with Gasteiger partial charge in [-0.05, 0) is 0 Å². The van der Waals surface area contributed by atoms with E-state index in [1.54, 1.807) is 0 Å². The van der Waals surface area contributed by atoms with Crippen molar-refractivity contribution in [3.63, 3.8) is 0 Å². The molecule has 1 fully saturated rings. The minimum Gasteiger partial charge on any atom is -0.445 e. The minimum atomic E-state index is -1.03. The normalized spacial score (nSPS) is 38.0. The third-order valence-electron chi connectivity index (χ3n) is 2.46. The van der Waals surface area contributed by atoms with Crippen LogP contribution in [0.25, 0.3) is 0 Å². The van der Waals surface area contributed by atoms with Crippen LogP contribution in [0.2, 0.25) is 0 Å². The van der Waals surface area contributed by atoms with Crippen LogP contribution >= 0.6 is 0 Å². The second-order valence-electron chi connectivity index (χ2n) is 3.31. The Morgan fingerprint density at radius 3 is 1.76 bits per heavy atom. The van der Waals surface area contributed by atoms with Gasteiger partial charge in [-0.15, -0.1) is 0 Å². The molecule has 5 atom stereocenters. The van der Waals surface area contributed by atoms with Crippen molar-refractivity contribution < 1.29 is 28.0 Å². The van der Waals surface area contributed by atoms with Crippen LogP contribution in [0.15, 0.2) is 0 Å². The van der Waals surface area contributed by atoms with Crippen molar-refractivity contribution in [3.8, 4) is 0 Å². The summed E-state index contributed by atoms with van der Waals surface area (Å²) in [4.78, 5) is 0. The highest BCUT2D eigenvalue weighted by Gasteiger charge is 2.45. The van der Waals surface area contributed by atoms with Crippen LogP contribution in [0, 0.1) is 0 Å². The molecule has 0 aromatic rings. The summed E-state index contributed by atoms with van der Waals surface area (Å²) in [6.07, 6.45) is -4.35. The zero-order chi connectivity index (χ0) is 12.8. The fourth-order valence-corrected chi connectivity index (χ4v) is 1.68. The van der Waals surface area contributed by atoms with E-state index in [4.69, 9.17) is 45.0 Å². The predicted octanol–water partition coefficient (Wildman–Crippen LogP) is -2.68. The fourth-order valence-electron chi connectivity index (χ4n) is 1.68. The van der Waals surface area contributed by atoms with Gasteiger partial charge in [0, 0.05) is 0 Å². The SMILES string of the molecule is [B]OC[C@H]1O[C@@H](O[B])[C@H](O[B])[C@@H](O[B])[C@@H]1O[B]. The maximum Gasteiger partial charge on any atom is 0.286 e. The van der Waals surface area contributed by atoms with Gasteiger partial charge in [-0.2, -0.15) is 0 Å². The van der Waals surface area contributed by atoms with Gasteiger partial charge in [0.25, 0.3) is 40.2 Å². The zero-order valence-corrected chi connectivity index (χ0v) is 8.93. The first-order valence-electron chi connectivity index (χ1n) is 4.62. The Hall–Kier alpha value is 0.0847. The standard InChI is InChI=1S/C6H7B5O6/c7-12-1-2-3(14-8)4(15-9)5(16-10)6(13-2)17-11/h2-6H,1H2/t2-,3-,4+,5-,6+/m1/s1. The molecule has 0 N–H and O–H groups in total. The second kappa shape index (κ2) is 7.50. The van der Waals surface area contributed by atoms with E-state index in [9.17, 15) is 0 Å². The molecule has 1 aliphatic heterocycles. The molecule has 6 nitrogen and oxygen atoms in total. The van der Waals surface area contributed by atoms with E-state index in [0.717, 1.165) is 0 Å². The van der Waals surface area contributed by atoms with Crippen molar-refractivity contribution in [1.82, 2.24) is 0 Å². The molecule has 11 heteroatoms. The molecule has 1 rings (SSSR count). The second-order valence-corrected chi connectivity index (χ2v) is 3.31. The first-order chi connectivity index (χ1) is 8.23. The molecule has 0 amide bonds. The van der Waals surface area contributed by atoms with Crippen LogP contribution in [0.3, 0.4) is 0 Å². The Labute approximate surface area is 106 Å². The van der Waals surface area contributed by atoms with Gasteiger partial charge in [-0.3, -0.25) is 0 Å². The average molecular weight is 229 g/mol. The first kappa shape index (κ1) is 15.1. The lowest BCUT2D eigenvalue weighted by Crippen LogP contribution is -2.61. The maximum absolute atomic E-state index is 5.32. The molecule has 0 unspecified atom stereocenters. The molecule has 1 saturated heterocycles. The summed E-state index contributed by atoms with van der Waals surface area (Å²) in [5, 5.41) is 0. The third kappa shape index (κ3) is 3.30. The lowest BCUT2D eigenvalue weighted by molar-refractivity contribution is -0.258. The van der Waals surface area contributed by atoms with Gasteiger partial charge in [-0.25, -0.2) is 0 Å². The Morgan fingerprint density at radius 2 is 1.35 bits per heavy atom. The van der Waals surface area contributed by atoms with E-state index in [-0.39, 0.29) is 6.61 Å². The Balaban J connectivity index is 2.84. The molecule has 0 bridgehead atoms. The molecule has 1 aliphatic rings. The van der Waals surface area contributed by atoms with Crippen molar-refractivity contribution in [2.75, 3.05) is 6.61 Å². The van der Waals surface area contributed by atoms with Gasteiger partial charge in [0.15, 0.2) is 6.29 Å². The van der Waals surface area contributed by atoms with Crippen molar-refractivity contribution in [2.24, 2.45) is 0 Å². The van der Waals surface area contributed by atoms with Gasteiger partial charge in [-0.1, -0.05) is 0 Å². The Bertz CT molecular complexity index is 223. The van der Waals surface area contributed by atoms with E-state index < -0.39 is 30.7 Å². The average Bonchev–Trinajstić information content (AvgIpc) is 2.37. The van der Waals surface area contributed by atoms with Crippen molar-refractivity contribution >= 4 is 40.2 Å². The van der Waals surface area contributed by atoms with E-state index in [0.29, 0.717) is 0 Å². The molecule has 10 radical (unpaired) electrons. The molecule has 0 aromatic heterocycles. The van der Waals surface area contributed by atoms with Crippen molar-refractivity contribution in [1.29, 1.82) is 0 Å². The number of hydrogen-bond donors (Lipinski definition) is 0. The highest BCUT2D eigenvalue weighted by atomic mass is 16.7. The molecule has 0 spiro atoms. The highest BCUT2D eigenvalue weighted by molar-refractivity contribution is 6.00. The summed E-state index contributed by atoms with van der Waals surface area (Å²) < 4.78 is 28.3. The van der Waals surface area contributed by atoms with E-state index in [1.165, 1.54) is 0 Å². The molecule has 82 valence electrons. The van der Waals surface area contributed by atoms with Crippen LogP contribution in [-0.2, 0) is 28.0 Å². The predicted molar refractivity (Wildman–Crippen MR) is 59.1 cm³/mol. The quantitative estimate of drug-likeness (QED) is 0.463. The van der Waals surface area contributed by atoms with E-state index in [1.807, 2.05) is 0 Å². The Kier molecular flexibility index (Phi) is 6.68. The number of ether oxygens (including phenoxy) is 1. The van der Waals surface area contributed by atoms with Crippen LogP contribution in [-0.4, -0.2) is 77.6 Å². The Morgan fingerprint density at radius 1 is 0.765 bits per heavy atom. The highest BCUT2D eigenvalue weighted by Crippen LogP contribution is 2.27. The lowest BCUT2D eigenvalue weighted by Gasteiger charge is -2.45. The zero-order valence-electron chi connectivity index (χ0n) is 8.93. The van der Waals surface area contributed by atoms with Gasteiger partial charge >= 0.3 is 0 Å². The van der Waals surface area contributed by atoms with Crippen LogP contribution in [0.4, 0.5) is 0 Å². The summed E-state index contributed by atoms with van der Waals surface area (Å²) in [5.41, 5.74) is 0. The van der Waals surface area contributed by atoms with E-state index >= 15 is 0 Å². The molecule has 0 saturated carbocycles. The summed E-state index contributed by atoms with van der Waals surface area (Å²) in [5.74, 6) is 0. The number of rotatable bonds is 6. The molecule has 1 heterocycles. The first-order valence-corrected chi connectivity index (χ1v) is 4.62. The monoisotopic (exact) mass is 230 g/mol. The summed E-state index contributed by atoms with van der Waals surface area (Å²) in [6.45, 7) is -0.0428. The molecule has 0 aromatic carbocycles. The summed E-state index contributed by atoms with van der Waals surface area (Å²) in [7, 11) is 25.3. The summed E-state index contributed by atoms with van der Waals surface area (Å²) >= 11 is 0. The largest absolute Gasteiger partial charge is 0.445 e. The number of hydrogen-bond acceptors (Lipinski definition) is 6. The fraction of sp³-hybridized carbons (Fsp3) is 1.00. The third-order valence-corrected chi connectivity index (χ3v) is 2.46. The smallest absolute Gasteiger partial charge is 0.286 e. The van der Waals surface area contributed by atoms with E-state index in [2.05, 4.69) is 23.3 Å². The van der Waals surface area contributed by atoms with Crippen LogP contribution in [0.1, 0.15) is 0 Å². The topological polar surface area (TPSA) is 55.4 Å². The molecular weight excluding hydrogens is 222 g/mol. The lowest BCUT2D eigenvalue weighted by atomic mass is 9.96. The van der Waals surface area contributed by atoms with Gasteiger partial charge in [0.2, 0.25) is 0 Å². The van der Waals surface area contributed by atoms with Crippen LogP contribution in [0.5, 0.6) is 0 Å². The molecule has 0 aliphatic carbocycles. The molecule has 17 heavy (non-hydrogen) atoms. The van der Waals surface area contributed by atoms with Crippen molar-refractivity contribution in [3.05, 3.63) is 0 Å².